The molecule has 1 aromatic carbocycles. The maximum absolute atomic E-state index is 13.5. The van der Waals surface area contributed by atoms with Crippen LogP contribution in [0.2, 0.25) is 0 Å². The Labute approximate surface area is 86.5 Å². The molecule has 2 nitrogen and oxygen atoms in total. The molecule has 0 unspecified atom stereocenters. The Balaban J connectivity index is 2.81. The first kappa shape index (κ1) is 11.0. The average molecular weight is 214 g/mol. The smallest absolute Gasteiger partial charge is 0.186 e. The minimum Gasteiger partial charge on any atom is -0.494 e. The second kappa shape index (κ2) is 5.00. The first-order valence-corrected chi connectivity index (χ1v) is 5.08. The van der Waals surface area contributed by atoms with Crippen molar-refractivity contribution in [3.05, 3.63) is 29.6 Å². The summed E-state index contributed by atoms with van der Waals surface area (Å²) in [5, 5.41) is -0.0211. The largest absolute Gasteiger partial charge is 0.494 e. The third kappa shape index (κ3) is 2.73. The molecule has 0 bridgehead atoms. The molecular weight excluding hydrogens is 203 g/mol. The van der Waals surface area contributed by atoms with Crippen LogP contribution in [0.5, 0.6) is 5.75 Å². The van der Waals surface area contributed by atoms with Crippen LogP contribution in [0.1, 0.15) is 12.5 Å². The molecule has 14 heavy (non-hydrogen) atoms. The van der Waals surface area contributed by atoms with Gasteiger partial charge in [-0.15, -0.1) is 0 Å². The van der Waals surface area contributed by atoms with E-state index in [4.69, 9.17) is 4.74 Å². The van der Waals surface area contributed by atoms with E-state index in [9.17, 15) is 9.18 Å². The van der Waals surface area contributed by atoms with Gasteiger partial charge in [0.25, 0.3) is 0 Å². The molecule has 0 N–H and O–H groups in total. The number of carbonyl (C=O) groups is 1. The molecule has 4 heteroatoms. The maximum Gasteiger partial charge on any atom is 0.186 e. The maximum atomic E-state index is 13.5. The molecule has 0 heterocycles. The van der Waals surface area contributed by atoms with E-state index in [0.717, 1.165) is 11.8 Å². The van der Waals surface area contributed by atoms with Crippen molar-refractivity contribution in [2.45, 2.75) is 12.7 Å². The third-order valence-corrected chi connectivity index (χ3v) is 2.56. The summed E-state index contributed by atoms with van der Waals surface area (Å²) in [7, 11) is 1.42. The van der Waals surface area contributed by atoms with Gasteiger partial charge in [-0.25, -0.2) is 4.39 Å². The summed E-state index contributed by atoms with van der Waals surface area (Å²) in [6.07, 6.45) is 0. The predicted octanol–water partition coefficient (Wildman–Crippen LogP) is 2.61. The number of benzene rings is 1. The van der Waals surface area contributed by atoms with Crippen LogP contribution in [0.15, 0.2) is 18.2 Å². The lowest BCUT2D eigenvalue weighted by Crippen LogP contribution is -1.94. The monoisotopic (exact) mass is 214 g/mol. The van der Waals surface area contributed by atoms with E-state index in [-0.39, 0.29) is 16.7 Å². The van der Waals surface area contributed by atoms with E-state index in [1.807, 2.05) is 0 Å². The molecule has 1 aromatic rings. The molecule has 0 saturated heterocycles. The molecule has 0 fully saturated rings. The number of halogens is 1. The number of hydrogen-bond donors (Lipinski definition) is 0. The van der Waals surface area contributed by atoms with Crippen LogP contribution >= 0.6 is 11.8 Å². The lowest BCUT2D eigenvalue weighted by Gasteiger charge is -2.05. The fourth-order valence-electron chi connectivity index (χ4n) is 1.00. The number of carbonyl (C=O) groups excluding carboxylic acids is 1. The standard InChI is InChI=1S/C10H11FO2S/c1-7(12)14-6-8-4-3-5-9(13-2)10(8)11/h3-5H,6H2,1-2H3. The van der Waals surface area contributed by atoms with Crippen molar-refractivity contribution in [2.75, 3.05) is 7.11 Å². The van der Waals surface area contributed by atoms with E-state index < -0.39 is 0 Å². The quantitative estimate of drug-likeness (QED) is 0.773. The number of thioether (sulfide) groups is 1. The van der Waals surface area contributed by atoms with E-state index in [1.165, 1.54) is 14.0 Å². The number of rotatable bonds is 3. The third-order valence-electron chi connectivity index (χ3n) is 1.69. The van der Waals surface area contributed by atoms with Crippen LogP contribution in [0, 0.1) is 5.82 Å². The van der Waals surface area contributed by atoms with E-state index in [1.54, 1.807) is 18.2 Å². The number of hydrogen-bond acceptors (Lipinski definition) is 3. The Kier molecular flexibility index (Phi) is 3.95. The van der Waals surface area contributed by atoms with Gasteiger partial charge in [0.15, 0.2) is 16.7 Å². The molecular formula is C10H11FO2S. The van der Waals surface area contributed by atoms with Gasteiger partial charge in [-0.3, -0.25) is 4.79 Å². The van der Waals surface area contributed by atoms with Crippen molar-refractivity contribution < 1.29 is 13.9 Å². The zero-order chi connectivity index (χ0) is 10.6. The summed E-state index contributed by atoms with van der Waals surface area (Å²) in [6.45, 7) is 1.46. The van der Waals surface area contributed by atoms with Gasteiger partial charge < -0.3 is 4.74 Å². The molecule has 0 atom stereocenters. The minimum absolute atomic E-state index is 0.0211. The van der Waals surface area contributed by atoms with Gasteiger partial charge in [-0.05, 0) is 6.07 Å². The summed E-state index contributed by atoms with van der Waals surface area (Å²) in [5.41, 5.74) is 0.490. The molecule has 0 aliphatic rings. The molecule has 76 valence electrons. The molecule has 0 aliphatic carbocycles. The normalized spacial score (nSPS) is 9.93. The van der Waals surface area contributed by atoms with Crippen molar-refractivity contribution >= 4 is 16.9 Å². The molecule has 0 spiro atoms. The van der Waals surface area contributed by atoms with Crippen molar-refractivity contribution in [2.24, 2.45) is 0 Å². The Hall–Kier alpha value is -1.03. The van der Waals surface area contributed by atoms with Gasteiger partial charge in [-0.1, -0.05) is 23.9 Å². The second-order valence-corrected chi connectivity index (χ2v) is 3.87. The highest BCUT2D eigenvalue weighted by Gasteiger charge is 2.08. The van der Waals surface area contributed by atoms with Crippen LogP contribution in [-0.2, 0) is 10.5 Å². The highest BCUT2D eigenvalue weighted by Crippen LogP contribution is 2.23. The Morgan fingerprint density at radius 3 is 2.86 bits per heavy atom. The van der Waals surface area contributed by atoms with E-state index in [0.29, 0.717) is 11.3 Å². The van der Waals surface area contributed by atoms with Gasteiger partial charge in [-0.2, -0.15) is 0 Å². The second-order valence-electron chi connectivity index (χ2n) is 2.71. The number of methoxy groups -OCH3 is 1. The first-order chi connectivity index (χ1) is 6.65. The van der Waals surface area contributed by atoms with Crippen LogP contribution < -0.4 is 4.74 Å². The van der Waals surface area contributed by atoms with Gasteiger partial charge in [0, 0.05) is 18.2 Å². The van der Waals surface area contributed by atoms with E-state index >= 15 is 0 Å². The fourth-order valence-corrected chi connectivity index (χ4v) is 1.59. The Morgan fingerprint density at radius 1 is 1.57 bits per heavy atom. The van der Waals surface area contributed by atoms with Crippen LogP contribution in [-0.4, -0.2) is 12.2 Å². The predicted molar refractivity (Wildman–Crippen MR) is 54.9 cm³/mol. The summed E-state index contributed by atoms with van der Waals surface area (Å²) in [4.78, 5) is 10.7. The number of ether oxygens (including phenoxy) is 1. The van der Waals surface area contributed by atoms with Crippen molar-refractivity contribution in [1.29, 1.82) is 0 Å². The zero-order valence-corrected chi connectivity index (χ0v) is 8.86. The minimum atomic E-state index is -0.385. The van der Waals surface area contributed by atoms with Crippen molar-refractivity contribution in [3.8, 4) is 5.75 Å². The fraction of sp³-hybridized carbons (Fsp3) is 0.300. The molecule has 1 rings (SSSR count). The van der Waals surface area contributed by atoms with E-state index in [2.05, 4.69) is 0 Å². The first-order valence-electron chi connectivity index (χ1n) is 4.10. The van der Waals surface area contributed by atoms with Gasteiger partial charge in [0.05, 0.1) is 7.11 Å². The Morgan fingerprint density at radius 2 is 2.29 bits per heavy atom. The summed E-state index contributed by atoms with van der Waals surface area (Å²) in [5.74, 6) is 0.175. The molecule has 0 amide bonds. The molecule has 0 aliphatic heterocycles. The molecule has 0 saturated carbocycles. The SMILES string of the molecule is COc1cccc(CSC(C)=O)c1F. The van der Waals surface area contributed by atoms with Gasteiger partial charge in [0.1, 0.15) is 0 Å². The summed E-state index contributed by atoms with van der Waals surface area (Å²) >= 11 is 1.08. The highest BCUT2D eigenvalue weighted by atomic mass is 32.2. The van der Waals surface area contributed by atoms with Crippen LogP contribution in [0.3, 0.4) is 0 Å². The van der Waals surface area contributed by atoms with Crippen LogP contribution in [0.4, 0.5) is 4.39 Å². The summed E-state index contributed by atoms with van der Waals surface area (Å²) in [6, 6.07) is 4.91. The van der Waals surface area contributed by atoms with Crippen LogP contribution in [0.25, 0.3) is 0 Å². The van der Waals surface area contributed by atoms with Gasteiger partial charge in [0.2, 0.25) is 0 Å². The average Bonchev–Trinajstić information content (AvgIpc) is 2.16. The topological polar surface area (TPSA) is 26.3 Å². The lowest BCUT2D eigenvalue weighted by atomic mass is 10.2. The molecule has 0 aromatic heterocycles. The van der Waals surface area contributed by atoms with Crippen molar-refractivity contribution in [1.82, 2.24) is 0 Å². The van der Waals surface area contributed by atoms with Gasteiger partial charge >= 0.3 is 0 Å². The lowest BCUT2D eigenvalue weighted by molar-refractivity contribution is -0.109. The zero-order valence-electron chi connectivity index (χ0n) is 8.04. The van der Waals surface area contributed by atoms with Crippen molar-refractivity contribution in [3.63, 3.8) is 0 Å². The highest BCUT2D eigenvalue weighted by molar-refractivity contribution is 8.12. The Bertz CT molecular complexity index is 339. The summed E-state index contributed by atoms with van der Waals surface area (Å²) < 4.78 is 18.3. The molecule has 0 radical (unpaired) electrons.